The van der Waals surface area contributed by atoms with Crippen LogP contribution in [0.5, 0.6) is 11.5 Å². The van der Waals surface area contributed by atoms with E-state index < -0.39 is 5.97 Å². The van der Waals surface area contributed by atoms with Crippen molar-refractivity contribution in [2.24, 2.45) is 0 Å². The van der Waals surface area contributed by atoms with Gasteiger partial charge in [0.25, 0.3) is 5.91 Å². The number of methoxy groups -OCH3 is 1. The molecule has 1 amide bonds. The predicted octanol–water partition coefficient (Wildman–Crippen LogP) is 4.61. The summed E-state index contributed by atoms with van der Waals surface area (Å²) in [6.45, 7) is 3.78. The highest BCUT2D eigenvalue weighted by atomic mass is 16.7. The summed E-state index contributed by atoms with van der Waals surface area (Å²) in [6.07, 6.45) is 5.13. The number of anilines is 2. The third-order valence-corrected chi connectivity index (χ3v) is 5.07. The first-order valence-electron chi connectivity index (χ1n) is 11.2. The summed E-state index contributed by atoms with van der Waals surface area (Å²) in [5.74, 6) is 1.08. The fourth-order valence-electron chi connectivity index (χ4n) is 3.40. The zero-order valence-corrected chi connectivity index (χ0v) is 19.7. The molecule has 0 spiro atoms. The van der Waals surface area contributed by atoms with Crippen LogP contribution < -0.4 is 20.3 Å². The first kappa shape index (κ1) is 24.8. The normalized spacial score (nSPS) is 10.6. The minimum atomic E-state index is -0.542. The maximum absolute atomic E-state index is 11.5. The van der Waals surface area contributed by atoms with Crippen molar-refractivity contribution >= 4 is 34.3 Å². The lowest BCUT2D eigenvalue weighted by molar-refractivity contribution is -0.156. The second kappa shape index (κ2) is 12.4. The molecule has 2 aromatic carbocycles. The second-order valence-electron chi connectivity index (χ2n) is 7.87. The number of hydrogen-bond donors (Lipinski definition) is 2. The molecule has 0 bridgehead atoms. The van der Waals surface area contributed by atoms with Crippen molar-refractivity contribution in [3.05, 3.63) is 48.3 Å². The number of unbranched alkanes of at least 4 members (excludes halogenated alkanes) is 3. The van der Waals surface area contributed by atoms with E-state index >= 15 is 0 Å². The zero-order valence-electron chi connectivity index (χ0n) is 19.7. The SMILES string of the molecule is COc1cc2ncnc(Nc3cccc(C)c3)c2cc1OCCCCCCC(=O)NOC(C)=O. The maximum atomic E-state index is 11.5. The quantitative estimate of drug-likeness (QED) is 0.311. The molecule has 0 saturated heterocycles. The van der Waals surface area contributed by atoms with Gasteiger partial charge in [-0.05, 0) is 43.5 Å². The van der Waals surface area contributed by atoms with Gasteiger partial charge in [0.2, 0.25) is 0 Å². The number of fused-ring (bicyclic) bond motifs is 1. The number of benzene rings is 2. The summed E-state index contributed by atoms with van der Waals surface area (Å²) < 4.78 is 11.5. The van der Waals surface area contributed by atoms with Crippen molar-refractivity contribution < 1.29 is 23.9 Å². The van der Waals surface area contributed by atoms with Gasteiger partial charge < -0.3 is 19.6 Å². The van der Waals surface area contributed by atoms with Crippen LogP contribution in [0.4, 0.5) is 11.5 Å². The smallest absolute Gasteiger partial charge is 0.329 e. The van der Waals surface area contributed by atoms with Gasteiger partial charge in [0.15, 0.2) is 11.5 Å². The summed E-state index contributed by atoms with van der Waals surface area (Å²) >= 11 is 0. The third-order valence-electron chi connectivity index (χ3n) is 5.07. The lowest BCUT2D eigenvalue weighted by Gasteiger charge is -2.14. The number of ether oxygens (including phenoxy) is 2. The van der Waals surface area contributed by atoms with Crippen LogP contribution in [0.3, 0.4) is 0 Å². The highest BCUT2D eigenvalue weighted by Crippen LogP contribution is 2.35. The molecule has 1 heterocycles. The molecule has 0 atom stereocenters. The molecular weight excluding hydrogens is 436 g/mol. The van der Waals surface area contributed by atoms with Crippen LogP contribution in [0.2, 0.25) is 0 Å². The van der Waals surface area contributed by atoms with Crippen LogP contribution in [0.25, 0.3) is 10.9 Å². The van der Waals surface area contributed by atoms with Crippen molar-refractivity contribution in [2.75, 3.05) is 19.0 Å². The lowest BCUT2D eigenvalue weighted by Crippen LogP contribution is -2.25. The van der Waals surface area contributed by atoms with E-state index in [0.29, 0.717) is 36.8 Å². The van der Waals surface area contributed by atoms with E-state index in [-0.39, 0.29) is 5.91 Å². The molecule has 180 valence electrons. The van der Waals surface area contributed by atoms with Crippen LogP contribution >= 0.6 is 0 Å². The van der Waals surface area contributed by atoms with Gasteiger partial charge in [0, 0.05) is 30.5 Å². The number of nitrogens with one attached hydrogen (secondary N) is 2. The Hall–Kier alpha value is -3.88. The van der Waals surface area contributed by atoms with E-state index in [9.17, 15) is 9.59 Å². The molecule has 9 heteroatoms. The number of nitrogens with zero attached hydrogens (tertiary/aromatic N) is 2. The third kappa shape index (κ3) is 7.33. The molecule has 0 saturated carbocycles. The number of aryl methyl sites for hydroxylation is 1. The van der Waals surface area contributed by atoms with Crippen molar-refractivity contribution in [1.82, 2.24) is 15.4 Å². The summed E-state index contributed by atoms with van der Waals surface area (Å²) in [6, 6.07) is 11.8. The van der Waals surface area contributed by atoms with Crippen LogP contribution in [0.15, 0.2) is 42.7 Å². The summed E-state index contributed by atoms with van der Waals surface area (Å²) in [5.41, 5.74) is 4.96. The molecule has 0 radical (unpaired) electrons. The molecule has 0 fully saturated rings. The Morgan fingerprint density at radius 2 is 1.82 bits per heavy atom. The molecule has 0 aliphatic rings. The van der Waals surface area contributed by atoms with E-state index in [1.807, 2.05) is 37.3 Å². The van der Waals surface area contributed by atoms with E-state index in [2.05, 4.69) is 31.7 Å². The van der Waals surface area contributed by atoms with E-state index in [0.717, 1.165) is 41.4 Å². The van der Waals surface area contributed by atoms with Gasteiger partial charge in [-0.3, -0.25) is 9.59 Å². The molecule has 1 aromatic heterocycles. The average molecular weight is 467 g/mol. The van der Waals surface area contributed by atoms with Crippen molar-refractivity contribution in [3.8, 4) is 11.5 Å². The highest BCUT2D eigenvalue weighted by molar-refractivity contribution is 5.93. The van der Waals surface area contributed by atoms with Gasteiger partial charge in [-0.15, -0.1) is 0 Å². The van der Waals surface area contributed by atoms with E-state index in [1.165, 1.54) is 13.3 Å². The van der Waals surface area contributed by atoms with Crippen LogP contribution in [0.1, 0.15) is 44.6 Å². The van der Waals surface area contributed by atoms with Crippen molar-refractivity contribution in [3.63, 3.8) is 0 Å². The summed E-state index contributed by atoms with van der Waals surface area (Å²) in [4.78, 5) is 35.4. The molecule has 3 rings (SSSR count). The number of rotatable bonds is 11. The molecule has 0 aliphatic carbocycles. The Kier molecular flexibility index (Phi) is 9.02. The Morgan fingerprint density at radius 1 is 1.00 bits per heavy atom. The fraction of sp³-hybridized carbons (Fsp3) is 0.360. The summed E-state index contributed by atoms with van der Waals surface area (Å²) in [5, 5.41) is 4.19. The second-order valence-corrected chi connectivity index (χ2v) is 7.87. The first-order valence-corrected chi connectivity index (χ1v) is 11.2. The molecule has 0 aliphatic heterocycles. The number of carbonyl (C=O) groups excluding carboxylic acids is 2. The van der Waals surface area contributed by atoms with Crippen molar-refractivity contribution in [2.45, 2.75) is 46.0 Å². The molecular formula is C25H30N4O5. The molecule has 3 aromatic rings. The van der Waals surface area contributed by atoms with Gasteiger partial charge in [0.05, 0.1) is 19.2 Å². The van der Waals surface area contributed by atoms with Crippen LogP contribution in [-0.4, -0.2) is 35.6 Å². The van der Waals surface area contributed by atoms with Crippen molar-refractivity contribution in [1.29, 1.82) is 0 Å². The number of hydroxylamine groups is 1. The molecule has 9 nitrogen and oxygen atoms in total. The van der Waals surface area contributed by atoms with E-state index in [4.69, 9.17) is 9.47 Å². The Morgan fingerprint density at radius 3 is 2.59 bits per heavy atom. The van der Waals surface area contributed by atoms with Gasteiger partial charge in [-0.1, -0.05) is 25.0 Å². The largest absolute Gasteiger partial charge is 0.493 e. The molecule has 0 unspecified atom stereocenters. The lowest BCUT2D eigenvalue weighted by atomic mass is 10.1. The standard InChI is InChI=1S/C25H30N4O5/c1-17-9-8-10-19(13-17)28-25-20-14-23(22(32-3)15-21(20)26-16-27-25)33-12-7-5-4-6-11-24(31)29-34-18(2)30/h8-10,13-16H,4-7,11-12H2,1-3H3,(H,29,31)(H,26,27,28). The Balaban J connectivity index is 1.56. The first-order chi connectivity index (χ1) is 16.5. The van der Waals surface area contributed by atoms with Crippen LogP contribution in [-0.2, 0) is 14.4 Å². The fourth-order valence-corrected chi connectivity index (χ4v) is 3.40. The maximum Gasteiger partial charge on any atom is 0.329 e. The van der Waals surface area contributed by atoms with Gasteiger partial charge in [-0.2, -0.15) is 5.48 Å². The van der Waals surface area contributed by atoms with Gasteiger partial charge >= 0.3 is 5.97 Å². The average Bonchev–Trinajstić information content (AvgIpc) is 2.82. The minimum absolute atomic E-state index is 0.301. The minimum Gasteiger partial charge on any atom is -0.493 e. The number of hydrogen-bond acceptors (Lipinski definition) is 8. The van der Waals surface area contributed by atoms with Crippen LogP contribution in [0, 0.1) is 6.92 Å². The summed E-state index contributed by atoms with van der Waals surface area (Å²) in [7, 11) is 1.60. The van der Waals surface area contributed by atoms with Gasteiger partial charge in [-0.25, -0.2) is 9.97 Å². The zero-order chi connectivity index (χ0) is 24.3. The topological polar surface area (TPSA) is 112 Å². The monoisotopic (exact) mass is 466 g/mol. The number of aromatic nitrogens is 2. The Bertz CT molecular complexity index is 1140. The molecule has 34 heavy (non-hydrogen) atoms. The predicted molar refractivity (Wildman–Crippen MR) is 129 cm³/mol. The van der Waals surface area contributed by atoms with Gasteiger partial charge in [0.1, 0.15) is 12.1 Å². The Labute approximate surface area is 198 Å². The van der Waals surface area contributed by atoms with E-state index in [1.54, 1.807) is 7.11 Å². The molecule has 2 N–H and O–H groups in total. The number of amides is 1. The highest BCUT2D eigenvalue weighted by Gasteiger charge is 2.12. The number of carbonyl (C=O) groups is 2.